The highest BCUT2D eigenvalue weighted by atomic mass is 16.5. The number of hydrogen-bond acceptors (Lipinski definition) is 2. The van der Waals surface area contributed by atoms with Crippen LogP contribution in [0.15, 0.2) is 42.5 Å². The number of nitrogen functional groups attached to an aromatic ring is 1. The fraction of sp³-hybridized carbons (Fsp3) is 0.250. The molecule has 2 aromatic carbocycles. The molecule has 18 heavy (non-hydrogen) atoms. The zero-order valence-corrected chi connectivity index (χ0v) is 11.1. The summed E-state index contributed by atoms with van der Waals surface area (Å²) in [5.41, 5.74) is 10.3. The monoisotopic (exact) mass is 241 g/mol. The summed E-state index contributed by atoms with van der Waals surface area (Å²) in [5, 5.41) is 0. The van der Waals surface area contributed by atoms with Gasteiger partial charge in [-0.25, -0.2) is 0 Å². The van der Waals surface area contributed by atoms with E-state index in [0.717, 1.165) is 11.3 Å². The molecule has 2 rings (SSSR count). The van der Waals surface area contributed by atoms with Gasteiger partial charge in [0, 0.05) is 0 Å². The Hall–Kier alpha value is -1.96. The van der Waals surface area contributed by atoms with E-state index in [1.165, 1.54) is 11.1 Å². The van der Waals surface area contributed by atoms with Gasteiger partial charge in [-0.2, -0.15) is 0 Å². The molecule has 0 saturated heterocycles. The summed E-state index contributed by atoms with van der Waals surface area (Å²) in [6.45, 7) is 6.09. The summed E-state index contributed by atoms with van der Waals surface area (Å²) < 4.78 is 5.64. The normalized spacial score (nSPS) is 10.7. The number of ether oxygens (including phenoxy) is 1. The van der Waals surface area contributed by atoms with Crippen LogP contribution in [0.5, 0.6) is 5.75 Å². The molecule has 0 atom stereocenters. The van der Waals surface area contributed by atoms with Gasteiger partial charge in [0.15, 0.2) is 0 Å². The first kappa shape index (κ1) is 12.5. The van der Waals surface area contributed by atoms with Crippen molar-refractivity contribution in [2.45, 2.75) is 26.9 Å². The van der Waals surface area contributed by atoms with Gasteiger partial charge in [0.25, 0.3) is 0 Å². The first-order chi connectivity index (χ1) is 8.58. The van der Waals surface area contributed by atoms with E-state index in [0.29, 0.717) is 5.69 Å². The molecule has 94 valence electrons. The highest BCUT2D eigenvalue weighted by Crippen LogP contribution is 2.30. The van der Waals surface area contributed by atoms with Crippen LogP contribution in [0.2, 0.25) is 0 Å². The molecule has 0 fully saturated rings. The Balaban J connectivity index is 2.38. The second kappa shape index (κ2) is 5.13. The predicted octanol–water partition coefficient (Wildman–Crippen LogP) is 4.03. The molecular weight excluding hydrogens is 222 g/mol. The van der Waals surface area contributed by atoms with Gasteiger partial charge >= 0.3 is 0 Å². The molecule has 0 radical (unpaired) electrons. The average Bonchev–Trinajstić information content (AvgIpc) is 2.32. The van der Waals surface area contributed by atoms with Crippen molar-refractivity contribution in [1.29, 1.82) is 0 Å². The Bertz CT molecular complexity index is 547. The van der Waals surface area contributed by atoms with Crippen LogP contribution in [-0.4, -0.2) is 6.10 Å². The van der Waals surface area contributed by atoms with E-state index in [1.54, 1.807) is 0 Å². The summed E-state index contributed by atoms with van der Waals surface area (Å²) in [6, 6.07) is 14.3. The van der Waals surface area contributed by atoms with Crippen molar-refractivity contribution in [3.63, 3.8) is 0 Å². The first-order valence-electron chi connectivity index (χ1n) is 6.20. The fourth-order valence-electron chi connectivity index (χ4n) is 1.97. The molecule has 0 unspecified atom stereocenters. The van der Waals surface area contributed by atoms with E-state index in [1.807, 2.05) is 38.1 Å². The lowest BCUT2D eigenvalue weighted by Gasteiger charge is -2.13. The van der Waals surface area contributed by atoms with Crippen molar-refractivity contribution in [2.24, 2.45) is 0 Å². The second-order valence-corrected chi connectivity index (χ2v) is 4.73. The van der Waals surface area contributed by atoms with Gasteiger partial charge in [-0.1, -0.05) is 30.3 Å². The molecule has 0 amide bonds. The maximum Gasteiger partial charge on any atom is 0.142 e. The minimum atomic E-state index is 0.136. The summed E-state index contributed by atoms with van der Waals surface area (Å²) >= 11 is 0. The lowest BCUT2D eigenvalue weighted by Crippen LogP contribution is -2.07. The zero-order chi connectivity index (χ0) is 13.1. The summed E-state index contributed by atoms with van der Waals surface area (Å²) in [5.74, 6) is 0.752. The largest absolute Gasteiger partial charge is 0.489 e. The minimum absolute atomic E-state index is 0.136. The molecule has 0 aliphatic rings. The van der Waals surface area contributed by atoms with Gasteiger partial charge in [0.05, 0.1) is 11.8 Å². The summed E-state index contributed by atoms with van der Waals surface area (Å²) in [4.78, 5) is 0. The average molecular weight is 241 g/mol. The van der Waals surface area contributed by atoms with Crippen molar-refractivity contribution >= 4 is 5.69 Å². The standard InChI is InChI=1S/C16H19NO/c1-11(2)18-16-9-8-13(10-15(16)17)14-7-5-4-6-12(14)3/h4-11H,17H2,1-3H3. The van der Waals surface area contributed by atoms with Crippen LogP contribution < -0.4 is 10.5 Å². The van der Waals surface area contributed by atoms with Crippen molar-refractivity contribution in [3.8, 4) is 16.9 Å². The Morgan fingerprint density at radius 2 is 1.78 bits per heavy atom. The molecule has 0 saturated carbocycles. The highest BCUT2D eigenvalue weighted by Gasteiger charge is 2.06. The zero-order valence-electron chi connectivity index (χ0n) is 11.1. The molecular formula is C16H19NO. The maximum atomic E-state index is 6.03. The minimum Gasteiger partial charge on any atom is -0.489 e. The van der Waals surface area contributed by atoms with Gasteiger partial charge in [-0.15, -0.1) is 0 Å². The Morgan fingerprint density at radius 1 is 1.06 bits per heavy atom. The number of rotatable bonds is 3. The second-order valence-electron chi connectivity index (χ2n) is 4.73. The van der Waals surface area contributed by atoms with Crippen molar-refractivity contribution in [1.82, 2.24) is 0 Å². The van der Waals surface area contributed by atoms with Crippen LogP contribution >= 0.6 is 0 Å². The van der Waals surface area contributed by atoms with Crippen LogP contribution in [0.4, 0.5) is 5.69 Å². The Morgan fingerprint density at radius 3 is 2.39 bits per heavy atom. The van der Waals surface area contributed by atoms with Gasteiger partial charge in [-0.05, 0) is 49.6 Å². The number of nitrogens with two attached hydrogens (primary N) is 1. The van der Waals surface area contributed by atoms with Gasteiger partial charge in [0.2, 0.25) is 0 Å². The van der Waals surface area contributed by atoms with Crippen LogP contribution in [-0.2, 0) is 0 Å². The first-order valence-corrected chi connectivity index (χ1v) is 6.20. The van der Waals surface area contributed by atoms with E-state index < -0.39 is 0 Å². The lowest BCUT2D eigenvalue weighted by molar-refractivity contribution is 0.244. The predicted molar refractivity (Wildman–Crippen MR) is 76.8 cm³/mol. The van der Waals surface area contributed by atoms with E-state index in [9.17, 15) is 0 Å². The van der Waals surface area contributed by atoms with Gasteiger partial charge < -0.3 is 10.5 Å². The van der Waals surface area contributed by atoms with Crippen LogP contribution in [0.25, 0.3) is 11.1 Å². The molecule has 2 nitrogen and oxygen atoms in total. The third-order valence-corrected chi connectivity index (χ3v) is 2.83. The molecule has 0 spiro atoms. The summed E-state index contributed by atoms with van der Waals surface area (Å²) in [7, 11) is 0. The van der Waals surface area contributed by atoms with Crippen LogP contribution in [0.1, 0.15) is 19.4 Å². The van der Waals surface area contributed by atoms with Crippen LogP contribution in [0, 0.1) is 6.92 Å². The number of aryl methyl sites for hydroxylation is 1. The molecule has 2 aromatic rings. The van der Waals surface area contributed by atoms with E-state index >= 15 is 0 Å². The molecule has 0 aromatic heterocycles. The summed E-state index contributed by atoms with van der Waals surface area (Å²) in [6.07, 6.45) is 0.136. The highest BCUT2D eigenvalue weighted by molar-refractivity contribution is 5.72. The number of anilines is 1. The fourth-order valence-corrected chi connectivity index (χ4v) is 1.97. The van der Waals surface area contributed by atoms with E-state index in [-0.39, 0.29) is 6.10 Å². The SMILES string of the molecule is Cc1ccccc1-c1ccc(OC(C)C)c(N)c1. The van der Waals surface area contributed by atoms with Gasteiger partial charge in [-0.3, -0.25) is 0 Å². The molecule has 2 heteroatoms. The van der Waals surface area contributed by atoms with E-state index in [4.69, 9.17) is 10.5 Å². The molecule has 0 aliphatic heterocycles. The van der Waals surface area contributed by atoms with Gasteiger partial charge in [0.1, 0.15) is 5.75 Å². The quantitative estimate of drug-likeness (QED) is 0.823. The van der Waals surface area contributed by atoms with Crippen molar-refractivity contribution in [3.05, 3.63) is 48.0 Å². The van der Waals surface area contributed by atoms with Crippen molar-refractivity contribution in [2.75, 3.05) is 5.73 Å². The molecule has 0 heterocycles. The number of benzene rings is 2. The smallest absolute Gasteiger partial charge is 0.142 e. The molecule has 2 N–H and O–H groups in total. The van der Waals surface area contributed by atoms with Crippen molar-refractivity contribution < 1.29 is 4.74 Å². The Kier molecular flexibility index (Phi) is 3.56. The third-order valence-electron chi connectivity index (χ3n) is 2.83. The topological polar surface area (TPSA) is 35.2 Å². The lowest BCUT2D eigenvalue weighted by atomic mass is 10.00. The molecule has 0 aliphatic carbocycles. The van der Waals surface area contributed by atoms with E-state index in [2.05, 4.69) is 25.1 Å². The van der Waals surface area contributed by atoms with Crippen LogP contribution in [0.3, 0.4) is 0 Å². The third kappa shape index (κ3) is 2.65. The molecule has 0 bridgehead atoms. The number of hydrogen-bond donors (Lipinski definition) is 1. The Labute approximate surface area is 108 Å². The maximum absolute atomic E-state index is 6.03.